The summed E-state index contributed by atoms with van der Waals surface area (Å²) in [7, 11) is 2.98. The summed E-state index contributed by atoms with van der Waals surface area (Å²) >= 11 is 6.08. The van der Waals surface area contributed by atoms with Gasteiger partial charge in [-0.25, -0.2) is 9.97 Å². The van der Waals surface area contributed by atoms with E-state index < -0.39 is 5.91 Å². The number of carbonyl (C=O) groups excluding carboxylic acids is 1. The van der Waals surface area contributed by atoms with Crippen LogP contribution in [0.5, 0.6) is 11.5 Å². The van der Waals surface area contributed by atoms with Gasteiger partial charge in [-0.15, -0.1) is 0 Å². The van der Waals surface area contributed by atoms with E-state index in [0.29, 0.717) is 28.0 Å². The fraction of sp³-hybridized carbons (Fsp3) is 0.150. The van der Waals surface area contributed by atoms with E-state index in [0.717, 1.165) is 11.3 Å². The van der Waals surface area contributed by atoms with E-state index in [9.17, 15) is 4.79 Å². The van der Waals surface area contributed by atoms with Gasteiger partial charge in [0.15, 0.2) is 0 Å². The highest BCUT2D eigenvalue weighted by Gasteiger charge is 2.15. The largest absolute Gasteiger partial charge is 0.495 e. The fourth-order valence-corrected chi connectivity index (χ4v) is 2.76. The first kappa shape index (κ1) is 19.4. The summed E-state index contributed by atoms with van der Waals surface area (Å²) in [5.74, 6) is 0.927. The second-order valence-corrected chi connectivity index (χ2v) is 6.33. The Morgan fingerprint density at radius 2 is 1.82 bits per heavy atom. The second kappa shape index (κ2) is 8.58. The molecule has 8 heteroatoms. The molecule has 0 unspecified atom stereocenters. The van der Waals surface area contributed by atoms with Crippen LogP contribution in [0.2, 0.25) is 5.02 Å². The molecule has 3 aromatic rings. The van der Waals surface area contributed by atoms with Gasteiger partial charge in [-0.3, -0.25) is 4.79 Å². The standard InChI is InChI=1S/C20H19ClN4O3/c1-12-5-4-6-13(7-12)24-19-11-22-16(10-23-19)20(26)25-15-9-17(27-2)14(21)8-18(15)28-3/h4-11H,1-3H3,(H,23,24)(H,25,26). The number of rotatable bonds is 6. The van der Waals surface area contributed by atoms with Crippen LogP contribution < -0.4 is 20.1 Å². The molecule has 2 aromatic carbocycles. The molecule has 3 rings (SSSR count). The van der Waals surface area contributed by atoms with Gasteiger partial charge in [-0.05, 0) is 24.6 Å². The molecular formula is C20H19ClN4O3. The molecule has 0 aliphatic rings. The maximum atomic E-state index is 12.5. The Hall–Kier alpha value is -3.32. The van der Waals surface area contributed by atoms with E-state index in [1.165, 1.54) is 26.6 Å². The molecule has 7 nitrogen and oxygen atoms in total. The number of carbonyl (C=O) groups is 1. The van der Waals surface area contributed by atoms with Crippen molar-refractivity contribution >= 4 is 34.7 Å². The summed E-state index contributed by atoms with van der Waals surface area (Å²) in [4.78, 5) is 20.9. The summed E-state index contributed by atoms with van der Waals surface area (Å²) < 4.78 is 10.4. The first-order valence-corrected chi connectivity index (χ1v) is 8.76. The Balaban J connectivity index is 1.75. The zero-order valence-corrected chi connectivity index (χ0v) is 16.4. The molecule has 0 bridgehead atoms. The number of nitrogens with zero attached hydrogens (tertiary/aromatic N) is 2. The molecule has 0 aliphatic carbocycles. The van der Waals surface area contributed by atoms with Gasteiger partial charge in [0.1, 0.15) is 23.0 Å². The number of benzene rings is 2. The van der Waals surface area contributed by atoms with E-state index in [2.05, 4.69) is 20.6 Å². The Labute approximate surface area is 167 Å². The Kier molecular flexibility index (Phi) is 5.96. The Morgan fingerprint density at radius 3 is 2.46 bits per heavy atom. The topological polar surface area (TPSA) is 85.4 Å². The predicted octanol–water partition coefficient (Wildman–Crippen LogP) is 4.45. The monoisotopic (exact) mass is 398 g/mol. The van der Waals surface area contributed by atoms with Crippen LogP contribution in [-0.2, 0) is 0 Å². The van der Waals surface area contributed by atoms with Crippen molar-refractivity contribution in [1.29, 1.82) is 0 Å². The van der Waals surface area contributed by atoms with Crippen LogP contribution in [0.15, 0.2) is 48.8 Å². The van der Waals surface area contributed by atoms with Gasteiger partial charge >= 0.3 is 0 Å². The molecule has 1 aromatic heterocycles. The number of anilines is 3. The van der Waals surface area contributed by atoms with Crippen molar-refractivity contribution in [2.24, 2.45) is 0 Å². The highest BCUT2D eigenvalue weighted by atomic mass is 35.5. The van der Waals surface area contributed by atoms with E-state index in [1.807, 2.05) is 31.2 Å². The highest BCUT2D eigenvalue weighted by Crippen LogP contribution is 2.36. The lowest BCUT2D eigenvalue weighted by molar-refractivity contribution is 0.102. The van der Waals surface area contributed by atoms with Crippen molar-refractivity contribution in [3.05, 3.63) is 65.1 Å². The summed E-state index contributed by atoms with van der Waals surface area (Å²) in [6.07, 6.45) is 2.89. The SMILES string of the molecule is COc1cc(NC(=O)c2cnc(Nc3cccc(C)c3)cn2)c(OC)cc1Cl. The lowest BCUT2D eigenvalue weighted by atomic mass is 10.2. The molecule has 1 amide bonds. The smallest absolute Gasteiger partial charge is 0.275 e. The zero-order chi connectivity index (χ0) is 20.1. The summed E-state index contributed by atoms with van der Waals surface area (Å²) in [6.45, 7) is 2.00. The third-order valence-corrected chi connectivity index (χ3v) is 4.19. The highest BCUT2D eigenvalue weighted by molar-refractivity contribution is 6.32. The minimum atomic E-state index is -0.433. The molecule has 28 heavy (non-hydrogen) atoms. The minimum absolute atomic E-state index is 0.158. The lowest BCUT2D eigenvalue weighted by Crippen LogP contribution is -2.15. The number of aromatic nitrogens is 2. The van der Waals surface area contributed by atoms with Crippen LogP contribution in [0.4, 0.5) is 17.2 Å². The second-order valence-electron chi connectivity index (χ2n) is 5.92. The molecule has 144 valence electrons. The molecule has 2 N–H and O–H groups in total. The molecule has 0 saturated heterocycles. The van der Waals surface area contributed by atoms with E-state index >= 15 is 0 Å². The molecule has 0 radical (unpaired) electrons. The van der Waals surface area contributed by atoms with Crippen molar-refractivity contribution in [1.82, 2.24) is 9.97 Å². The van der Waals surface area contributed by atoms with Gasteiger partial charge in [0.25, 0.3) is 5.91 Å². The van der Waals surface area contributed by atoms with Gasteiger partial charge in [0.05, 0.1) is 37.3 Å². The summed E-state index contributed by atoms with van der Waals surface area (Å²) in [5.41, 5.74) is 2.59. The quantitative estimate of drug-likeness (QED) is 0.638. The van der Waals surface area contributed by atoms with Crippen LogP contribution in [0.1, 0.15) is 16.1 Å². The Morgan fingerprint density at radius 1 is 1.04 bits per heavy atom. The van der Waals surface area contributed by atoms with Crippen molar-refractivity contribution in [2.45, 2.75) is 6.92 Å². The predicted molar refractivity (Wildman–Crippen MR) is 109 cm³/mol. The minimum Gasteiger partial charge on any atom is -0.495 e. The van der Waals surface area contributed by atoms with E-state index in [-0.39, 0.29) is 5.69 Å². The maximum absolute atomic E-state index is 12.5. The zero-order valence-electron chi connectivity index (χ0n) is 15.6. The van der Waals surface area contributed by atoms with Crippen LogP contribution in [-0.4, -0.2) is 30.1 Å². The number of aryl methyl sites for hydroxylation is 1. The number of halogens is 1. The Bertz CT molecular complexity index is 993. The van der Waals surface area contributed by atoms with Gasteiger partial charge in [-0.2, -0.15) is 0 Å². The maximum Gasteiger partial charge on any atom is 0.275 e. The number of methoxy groups -OCH3 is 2. The third-order valence-electron chi connectivity index (χ3n) is 3.90. The van der Waals surface area contributed by atoms with Crippen LogP contribution in [0.3, 0.4) is 0 Å². The number of nitrogens with one attached hydrogen (secondary N) is 2. The lowest BCUT2D eigenvalue weighted by Gasteiger charge is -2.13. The van der Waals surface area contributed by atoms with E-state index in [4.69, 9.17) is 21.1 Å². The third kappa shape index (κ3) is 4.50. The molecule has 0 fully saturated rings. The average molecular weight is 399 g/mol. The molecule has 1 heterocycles. The summed E-state index contributed by atoms with van der Waals surface area (Å²) in [6, 6.07) is 11.0. The summed E-state index contributed by atoms with van der Waals surface area (Å²) in [5, 5.41) is 6.25. The number of ether oxygens (including phenoxy) is 2. The van der Waals surface area contributed by atoms with Gasteiger partial charge in [0.2, 0.25) is 0 Å². The first-order valence-electron chi connectivity index (χ1n) is 8.38. The van der Waals surface area contributed by atoms with Crippen molar-refractivity contribution in [3.63, 3.8) is 0 Å². The molecule has 0 atom stereocenters. The van der Waals surface area contributed by atoms with Crippen molar-refractivity contribution < 1.29 is 14.3 Å². The number of hydrogen-bond donors (Lipinski definition) is 2. The molecular weight excluding hydrogens is 380 g/mol. The van der Waals surface area contributed by atoms with Crippen LogP contribution in [0.25, 0.3) is 0 Å². The first-order chi connectivity index (χ1) is 13.5. The van der Waals surface area contributed by atoms with Gasteiger partial charge < -0.3 is 20.1 Å². The number of amides is 1. The van der Waals surface area contributed by atoms with Crippen molar-refractivity contribution in [3.8, 4) is 11.5 Å². The average Bonchev–Trinajstić information content (AvgIpc) is 2.69. The van der Waals surface area contributed by atoms with Gasteiger partial charge in [-0.1, -0.05) is 23.7 Å². The molecule has 0 spiro atoms. The number of hydrogen-bond acceptors (Lipinski definition) is 6. The molecule has 0 aliphatic heterocycles. The van der Waals surface area contributed by atoms with Crippen LogP contribution in [0, 0.1) is 6.92 Å². The van der Waals surface area contributed by atoms with Crippen LogP contribution >= 0.6 is 11.6 Å². The van der Waals surface area contributed by atoms with Gasteiger partial charge in [0, 0.05) is 17.8 Å². The fourth-order valence-electron chi connectivity index (χ4n) is 2.53. The van der Waals surface area contributed by atoms with E-state index in [1.54, 1.807) is 12.1 Å². The molecule has 0 saturated carbocycles. The van der Waals surface area contributed by atoms with Crippen molar-refractivity contribution in [2.75, 3.05) is 24.9 Å². The normalized spacial score (nSPS) is 10.3.